The van der Waals surface area contributed by atoms with E-state index in [0.29, 0.717) is 6.04 Å². The third-order valence-corrected chi connectivity index (χ3v) is 3.39. The predicted molar refractivity (Wildman–Crippen MR) is 65.7 cm³/mol. The van der Waals surface area contributed by atoms with E-state index in [1.54, 1.807) is 0 Å². The van der Waals surface area contributed by atoms with Crippen LogP contribution in [0.4, 0.5) is 5.69 Å². The van der Waals surface area contributed by atoms with Crippen LogP contribution in [-0.2, 0) is 0 Å². The second-order valence-electron chi connectivity index (χ2n) is 4.52. The van der Waals surface area contributed by atoms with Crippen LogP contribution in [0.25, 0.3) is 0 Å². The van der Waals surface area contributed by atoms with Gasteiger partial charge >= 0.3 is 0 Å². The minimum Gasteiger partial charge on any atom is -0.396 e. The summed E-state index contributed by atoms with van der Waals surface area (Å²) in [4.78, 5) is 6.58. The van der Waals surface area contributed by atoms with Crippen molar-refractivity contribution >= 4 is 5.69 Å². The van der Waals surface area contributed by atoms with Gasteiger partial charge in [-0.25, -0.2) is 0 Å². The lowest BCUT2D eigenvalue weighted by atomic mass is 9.98. The summed E-state index contributed by atoms with van der Waals surface area (Å²) in [5.74, 6) is 0. The smallest absolute Gasteiger partial charge is 0.0450 e. The summed E-state index contributed by atoms with van der Waals surface area (Å²) in [6, 6.07) is 2.59. The highest BCUT2D eigenvalue weighted by atomic mass is 16.3. The molecular formula is C13H20N2O. The fraction of sp³-hybridized carbons (Fsp3) is 0.615. The van der Waals surface area contributed by atoms with Crippen LogP contribution in [-0.4, -0.2) is 29.3 Å². The van der Waals surface area contributed by atoms with Crippen LogP contribution in [0.3, 0.4) is 0 Å². The Morgan fingerprint density at radius 2 is 2.38 bits per heavy atom. The Morgan fingerprint density at radius 1 is 1.50 bits per heavy atom. The molecule has 1 saturated heterocycles. The summed E-state index contributed by atoms with van der Waals surface area (Å²) in [6.07, 6.45) is 8.38. The van der Waals surface area contributed by atoms with Crippen molar-refractivity contribution in [2.24, 2.45) is 0 Å². The Balaban J connectivity index is 2.19. The number of hydrogen-bond acceptors (Lipinski definition) is 3. The third-order valence-electron chi connectivity index (χ3n) is 3.39. The zero-order valence-corrected chi connectivity index (χ0v) is 9.89. The molecule has 0 spiro atoms. The molecule has 1 aromatic rings. The van der Waals surface area contributed by atoms with Crippen molar-refractivity contribution in [3.8, 4) is 0 Å². The highest BCUT2D eigenvalue weighted by molar-refractivity contribution is 5.52. The van der Waals surface area contributed by atoms with E-state index in [0.717, 1.165) is 13.0 Å². The molecule has 1 N–H and O–H groups in total. The van der Waals surface area contributed by atoms with Crippen LogP contribution in [0, 0.1) is 6.92 Å². The number of nitrogens with zero attached hydrogens (tertiary/aromatic N) is 2. The Kier molecular flexibility index (Phi) is 3.78. The van der Waals surface area contributed by atoms with Crippen LogP contribution >= 0.6 is 0 Å². The normalized spacial score (nSPS) is 21.1. The van der Waals surface area contributed by atoms with E-state index in [2.05, 4.69) is 22.9 Å². The van der Waals surface area contributed by atoms with Crippen LogP contribution in [0.1, 0.15) is 31.2 Å². The van der Waals surface area contributed by atoms with E-state index in [-0.39, 0.29) is 6.61 Å². The lowest BCUT2D eigenvalue weighted by Crippen LogP contribution is -2.40. The number of rotatable bonds is 3. The molecule has 1 aliphatic rings. The zero-order chi connectivity index (χ0) is 11.4. The quantitative estimate of drug-likeness (QED) is 0.847. The standard InChI is InChI=1S/C13H20N2O/c1-11-10-14-7-5-13(11)15-8-3-2-4-12(15)6-9-16/h5,7,10,12,16H,2-4,6,8-9H2,1H3. The van der Waals surface area contributed by atoms with Gasteiger partial charge in [0.25, 0.3) is 0 Å². The van der Waals surface area contributed by atoms with Gasteiger partial charge in [0, 0.05) is 37.3 Å². The molecule has 1 fully saturated rings. The maximum atomic E-state index is 9.11. The average Bonchev–Trinajstić information content (AvgIpc) is 2.31. The molecule has 1 unspecified atom stereocenters. The first kappa shape index (κ1) is 11.4. The van der Waals surface area contributed by atoms with Gasteiger partial charge in [-0.3, -0.25) is 4.98 Å². The topological polar surface area (TPSA) is 36.4 Å². The number of anilines is 1. The Morgan fingerprint density at radius 3 is 3.12 bits per heavy atom. The first-order valence-electron chi connectivity index (χ1n) is 6.11. The van der Waals surface area contributed by atoms with Gasteiger partial charge < -0.3 is 10.0 Å². The third kappa shape index (κ3) is 2.35. The molecule has 2 heterocycles. The average molecular weight is 220 g/mol. The van der Waals surface area contributed by atoms with Crippen molar-refractivity contribution in [2.45, 2.75) is 38.6 Å². The van der Waals surface area contributed by atoms with Gasteiger partial charge in [0.1, 0.15) is 0 Å². The molecule has 16 heavy (non-hydrogen) atoms. The molecule has 0 aliphatic carbocycles. The summed E-state index contributed by atoms with van der Waals surface area (Å²) in [5, 5.41) is 9.11. The summed E-state index contributed by atoms with van der Waals surface area (Å²) < 4.78 is 0. The van der Waals surface area contributed by atoms with Gasteiger partial charge in [0.2, 0.25) is 0 Å². The van der Waals surface area contributed by atoms with E-state index >= 15 is 0 Å². The summed E-state index contributed by atoms with van der Waals surface area (Å²) in [5.41, 5.74) is 2.51. The van der Waals surface area contributed by atoms with Gasteiger partial charge in [-0.05, 0) is 44.2 Å². The van der Waals surface area contributed by atoms with Gasteiger partial charge in [-0.2, -0.15) is 0 Å². The first-order valence-corrected chi connectivity index (χ1v) is 6.11. The number of aliphatic hydroxyl groups excluding tert-OH is 1. The van der Waals surface area contributed by atoms with E-state index in [4.69, 9.17) is 5.11 Å². The number of aliphatic hydroxyl groups is 1. The SMILES string of the molecule is Cc1cnccc1N1CCCCC1CCO. The molecule has 88 valence electrons. The molecule has 1 atom stereocenters. The number of pyridine rings is 1. The maximum Gasteiger partial charge on any atom is 0.0450 e. The highest BCUT2D eigenvalue weighted by Gasteiger charge is 2.22. The number of aromatic nitrogens is 1. The van der Waals surface area contributed by atoms with Crippen LogP contribution in [0.15, 0.2) is 18.5 Å². The van der Waals surface area contributed by atoms with Gasteiger partial charge in [0.05, 0.1) is 0 Å². The second kappa shape index (κ2) is 5.30. The van der Waals surface area contributed by atoms with Crippen molar-refractivity contribution in [3.63, 3.8) is 0 Å². The van der Waals surface area contributed by atoms with Crippen molar-refractivity contribution < 1.29 is 5.11 Å². The van der Waals surface area contributed by atoms with E-state index in [1.165, 1.54) is 30.5 Å². The molecule has 0 aromatic carbocycles. The maximum absolute atomic E-state index is 9.11. The molecule has 3 heteroatoms. The van der Waals surface area contributed by atoms with Crippen LogP contribution in [0.2, 0.25) is 0 Å². The minimum absolute atomic E-state index is 0.283. The summed E-state index contributed by atoms with van der Waals surface area (Å²) >= 11 is 0. The highest BCUT2D eigenvalue weighted by Crippen LogP contribution is 2.28. The van der Waals surface area contributed by atoms with E-state index in [1.807, 2.05) is 12.4 Å². The largest absolute Gasteiger partial charge is 0.396 e. The molecule has 0 bridgehead atoms. The first-order chi connectivity index (χ1) is 7.83. The van der Waals surface area contributed by atoms with Crippen molar-refractivity contribution in [3.05, 3.63) is 24.0 Å². The Bertz CT molecular complexity index is 338. The van der Waals surface area contributed by atoms with E-state index in [9.17, 15) is 0 Å². The Hall–Kier alpha value is -1.09. The van der Waals surface area contributed by atoms with Crippen molar-refractivity contribution in [1.29, 1.82) is 0 Å². The van der Waals surface area contributed by atoms with Crippen molar-refractivity contribution in [2.75, 3.05) is 18.1 Å². The van der Waals surface area contributed by atoms with Crippen LogP contribution < -0.4 is 4.90 Å². The minimum atomic E-state index is 0.283. The molecule has 3 nitrogen and oxygen atoms in total. The monoisotopic (exact) mass is 220 g/mol. The zero-order valence-electron chi connectivity index (χ0n) is 9.89. The molecule has 0 amide bonds. The second-order valence-corrected chi connectivity index (χ2v) is 4.52. The fourth-order valence-corrected chi connectivity index (χ4v) is 2.56. The van der Waals surface area contributed by atoms with E-state index < -0.39 is 0 Å². The molecule has 2 rings (SSSR count). The number of piperidine rings is 1. The van der Waals surface area contributed by atoms with Gasteiger partial charge in [-0.1, -0.05) is 0 Å². The van der Waals surface area contributed by atoms with Gasteiger partial charge in [-0.15, -0.1) is 0 Å². The lowest BCUT2D eigenvalue weighted by Gasteiger charge is -2.38. The Labute approximate surface area is 97.1 Å². The lowest BCUT2D eigenvalue weighted by molar-refractivity contribution is 0.262. The number of hydrogen-bond donors (Lipinski definition) is 1. The number of aryl methyl sites for hydroxylation is 1. The van der Waals surface area contributed by atoms with Crippen molar-refractivity contribution in [1.82, 2.24) is 4.98 Å². The molecule has 0 radical (unpaired) electrons. The molecular weight excluding hydrogens is 200 g/mol. The molecule has 0 saturated carbocycles. The van der Waals surface area contributed by atoms with Crippen LogP contribution in [0.5, 0.6) is 0 Å². The molecule has 1 aromatic heterocycles. The fourth-order valence-electron chi connectivity index (χ4n) is 2.56. The van der Waals surface area contributed by atoms with Gasteiger partial charge in [0.15, 0.2) is 0 Å². The summed E-state index contributed by atoms with van der Waals surface area (Å²) in [7, 11) is 0. The predicted octanol–water partition coefficient (Wildman–Crippen LogP) is 2.13. The molecule has 1 aliphatic heterocycles. The summed E-state index contributed by atoms with van der Waals surface area (Å²) in [6.45, 7) is 3.49.